The molecule has 114 valence electrons. The van der Waals surface area contributed by atoms with Crippen LogP contribution < -0.4 is 5.32 Å². The molecule has 0 aromatic carbocycles. The molecular weight excluding hydrogens is 268 g/mol. The summed E-state index contributed by atoms with van der Waals surface area (Å²) in [6, 6.07) is 0. The van der Waals surface area contributed by atoms with Crippen molar-refractivity contribution in [1.82, 2.24) is 10.3 Å². The van der Waals surface area contributed by atoms with Crippen LogP contribution in [0.1, 0.15) is 48.7 Å². The van der Waals surface area contributed by atoms with Gasteiger partial charge in [-0.15, -0.1) is 11.3 Å². The fourth-order valence-corrected chi connectivity index (χ4v) is 4.56. The Bertz CT molecular complexity index is 426. The zero-order chi connectivity index (χ0) is 14.8. The van der Waals surface area contributed by atoms with Gasteiger partial charge in [0.25, 0.3) is 0 Å². The van der Waals surface area contributed by atoms with Gasteiger partial charge in [-0.25, -0.2) is 4.98 Å². The molecule has 3 unspecified atom stereocenters. The van der Waals surface area contributed by atoms with E-state index in [2.05, 4.69) is 33.0 Å². The van der Waals surface area contributed by atoms with Crippen LogP contribution in [0.4, 0.5) is 0 Å². The minimum absolute atomic E-state index is 0.0503. The number of hydrogen-bond acceptors (Lipinski definition) is 4. The average molecular weight is 296 g/mol. The summed E-state index contributed by atoms with van der Waals surface area (Å²) in [5.41, 5.74) is 1.23. The summed E-state index contributed by atoms with van der Waals surface area (Å²) in [5, 5.41) is 5.07. The maximum absolute atomic E-state index is 5.22. The first-order valence-electron chi connectivity index (χ1n) is 7.68. The Morgan fingerprint density at radius 1 is 1.40 bits per heavy atom. The summed E-state index contributed by atoms with van der Waals surface area (Å²) >= 11 is 1.87. The number of hydrogen-bond donors (Lipinski definition) is 1. The Morgan fingerprint density at radius 2 is 2.15 bits per heavy atom. The third-order valence-corrected chi connectivity index (χ3v) is 6.04. The van der Waals surface area contributed by atoms with Crippen LogP contribution in [-0.4, -0.2) is 25.2 Å². The Hall–Kier alpha value is -0.450. The summed E-state index contributed by atoms with van der Waals surface area (Å²) < 4.78 is 5.22. The molecule has 3 nitrogen and oxygen atoms in total. The molecule has 1 aromatic heterocycles. The van der Waals surface area contributed by atoms with Crippen molar-refractivity contribution in [3.63, 3.8) is 0 Å². The molecule has 0 aliphatic heterocycles. The van der Waals surface area contributed by atoms with E-state index in [1.54, 1.807) is 7.11 Å². The highest BCUT2D eigenvalue weighted by atomic mass is 32.1. The van der Waals surface area contributed by atoms with Crippen molar-refractivity contribution in [2.45, 2.75) is 52.5 Å². The van der Waals surface area contributed by atoms with E-state index < -0.39 is 0 Å². The third kappa shape index (κ3) is 3.07. The Kier molecular flexibility index (Phi) is 5.21. The topological polar surface area (TPSA) is 34.1 Å². The van der Waals surface area contributed by atoms with Crippen LogP contribution in [-0.2, 0) is 10.3 Å². The number of aryl methyl sites for hydroxylation is 2. The van der Waals surface area contributed by atoms with Crippen LogP contribution >= 0.6 is 11.3 Å². The number of nitrogens with zero attached hydrogens (tertiary/aromatic N) is 1. The van der Waals surface area contributed by atoms with Gasteiger partial charge in [0.15, 0.2) is 0 Å². The molecule has 4 heteroatoms. The van der Waals surface area contributed by atoms with E-state index in [1.807, 2.05) is 11.3 Å². The molecule has 0 saturated heterocycles. The van der Waals surface area contributed by atoms with Crippen molar-refractivity contribution in [3.05, 3.63) is 15.6 Å². The molecule has 0 radical (unpaired) electrons. The van der Waals surface area contributed by atoms with Gasteiger partial charge in [-0.3, -0.25) is 0 Å². The summed E-state index contributed by atoms with van der Waals surface area (Å²) in [6.45, 7) is 10.7. The van der Waals surface area contributed by atoms with Gasteiger partial charge in [0.2, 0.25) is 0 Å². The highest BCUT2D eigenvalue weighted by Crippen LogP contribution is 2.45. The van der Waals surface area contributed by atoms with Gasteiger partial charge < -0.3 is 10.1 Å². The molecule has 1 N–H and O–H groups in total. The molecule has 0 spiro atoms. The molecule has 2 rings (SSSR count). The molecule has 20 heavy (non-hydrogen) atoms. The summed E-state index contributed by atoms with van der Waals surface area (Å²) in [6.07, 6.45) is 3.74. The van der Waals surface area contributed by atoms with Crippen LogP contribution in [0.3, 0.4) is 0 Å². The quantitative estimate of drug-likeness (QED) is 0.842. The van der Waals surface area contributed by atoms with Crippen molar-refractivity contribution in [2.24, 2.45) is 11.8 Å². The minimum atomic E-state index is 0.0503. The maximum Gasteiger partial charge on any atom is 0.114 e. The lowest BCUT2D eigenvalue weighted by Gasteiger charge is -2.44. The number of rotatable bonds is 5. The minimum Gasteiger partial charge on any atom is -0.383 e. The summed E-state index contributed by atoms with van der Waals surface area (Å²) in [4.78, 5) is 6.22. The molecule has 1 aliphatic rings. The Labute approximate surface area is 127 Å². The van der Waals surface area contributed by atoms with Crippen molar-refractivity contribution >= 4 is 11.3 Å². The first kappa shape index (κ1) is 15.9. The fraction of sp³-hybridized carbons (Fsp3) is 0.812. The summed E-state index contributed by atoms with van der Waals surface area (Å²) in [7, 11) is 1.76. The first-order chi connectivity index (χ1) is 9.49. The standard InChI is InChI=1S/C16H28N2OS/c1-11-6-7-16(12(2)10-11,17-8-9-19-5)15-18-13(3)14(4)20-15/h11-12,17H,6-10H2,1-5H3. The van der Waals surface area contributed by atoms with Crippen LogP contribution in [0.5, 0.6) is 0 Å². The lowest BCUT2D eigenvalue weighted by atomic mass is 9.70. The fourth-order valence-electron chi connectivity index (χ4n) is 3.34. The van der Waals surface area contributed by atoms with Crippen molar-refractivity contribution in [2.75, 3.05) is 20.3 Å². The predicted molar refractivity (Wildman–Crippen MR) is 85.3 cm³/mol. The van der Waals surface area contributed by atoms with E-state index >= 15 is 0 Å². The lowest BCUT2D eigenvalue weighted by Crippen LogP contribution is -2.51. The molecule has 1 aliphatic carbocycles. The molecule has 1 saturated carbocycles. The average Bonchev–Trinajstić information content (AvgIpc) is 2.73. The van der Waals surface area contributed by atoms with Crippen LogP contribution in [0.15, 0.2) is 0 Å². The zero-order valence-electron chi connectivity index (χ0n) is 13.5. The van der Waals surface area contributed by atoms with E-state index in [1.165, 1.54) is 34.8 Å². The second kappa shape index (κ2) is 6.54. The Balaban J connectivity index is 2.28. The molecule has 3 atom stereocenters. The smallest absolute Gasteiger partial charge is 0.114 e. The van der Waals surface area contributed by atoms with E-state index in [0.717, 1.165) is 19.1 Å². The second-order valence-corrected chi connectivity index (χ2v) is 7.54. The van der Waals surface area contributed by atoms with Gasteiger partial charge in [0.05, 0.1) is 17.8 Å². The highest BCUT2D eigenvalue weighted by molar-refractivity contribution is 7.11. The number of ether oxygens (including phenoxy) is 1. The molecule has 1 heterocycles. The molecular formula is C16H28N2OS. The van der Waals surface area contributed by atoms with E-state index in [9.17, 15) is 0 Å². The number of methoxy groups -OCH3 is 1. The summed E-state index contributed by atoms with van der Waals surface area (Å²) in [5.74, 6) is 1.44. The molecule has 0 amide bonds. The van der Waals surface area contributed by atoms with Gasteiger partial charge in [0, 0.05) is 18.5 Å². The number of nitrogens with one attached hydrogen (secondary N) is 1. The largest absolute Gasteiger partial charge is 0.383 e. The van der Waals surface area contributed by atoms with Gasteiger partial charge in [0.1, 0.15) is 5.01 Å². The lowest BCUT2D eigenvalue weighted by molar-refractivity contribution is 0.105. The van der Waals surface area contributed by atoms with Gasteiger partial charge >= 0.3 is 0 Å². The van der Waals surface area contributed by atoms with Gasteiger partial charge in [-0.2, -0.15) is 0 Å². The van der Waals surface area contributed by atoms with E-state index in [4.69, 9.17) is 9.72 Å². The van der Waals surface area contributed by atoms with E-state index in [-0.39, 0.29) is 5.54 Å². The maximum atomic E-state index is 5.22. The predicted octanol–water partition coefficient (Wildman–Crippen LogP) is 3.65. The first-order valence-corrected chi connectivity index (χ1v) is 8.49. The second-order valence-electron chi connectivity index (χ2n) is 6.33. The third-order valence-electron chi connectivity index (χ3n) is 4.79. The zero-order valence-corrected chi connectivity index (χ0v) is 14.3. The van der Waals surface area contributed by atoms with Crippen LogP contribution in [0, 0.1) is 25.7 Å². The van der Waals surface area contributed by atoms with Gasteiger partial charge in [-0.1, -0.05) is 13.8 Å². The molecule has 1 fully saturated rings. The van der Waals surface area contributed by atoms with Crippen molar-refractivity contribution in [1.29, 1.82) is 0 Å². The van der Waals surface area contributed by atoms with Crippen LogP contribution in [0.25, 0.3) is 0 Å². The normalized spacial score (nSPS) is 30.6. The van der Waals surface area contributed by atoms with Gasteiger partial charge in [-0.05, 0) is 44.9 Å². The number of thiazole rings is 1. The highest BCUT2D eigenvalue weighted by Gasteiger charge is 2.43. The Morgan fingerprint density at radius 3 is 2.70 bits per heavy atom. The van der Waals surface area contributed by atoms with E-state index in [0.29, 0.717) is 5.92 Å². The molecule has 1 aromatic rings. The monoisotopic (exact) mass is 296 g/mol. The van der Waals surface area contributed by atoms with Crippen molar-refractivity contribution < 1.29 is 4.74 Å². The SMILES string of the molecule is COCCNC1(c2nc(C)c(C)s2)CCC(C)CC1C. The number of aromatic nitrogens is 1. The van der Waals surface area contributed by atoms with Crippen molar-refractivity contribution in [3.8, 4) is 0 Å². The van der Waals surface area contributed by atoms with Crippen LogP contribution in [0.2, 0.25) is 0 Å². The molecule has 0 bridgehead atoms.